The van der Waals surface area contributed by atoms with Gasteiger partial charge in [-0.1, -0.05) is 29.3 Å². The van der Waals surface area contributed by atoms with Crippen molar-refractivity contribution in [3.8, 4) is 0 Å². The number of carbonyl (C=O) groups is 2. The van der Waals surface area contributed by atoms with Gasteiger partial charge in [-0.3, -0.25) is 9.59 Å². The van der Waals surface area contributed by atoms with Crippen LogP contribution in [0.2, 0.25) is 10.0 Å². The zero-order valence-electron chi connectivity index (χ0n) is 11.6. The van der Waals surface area contributed by atoms with Crippen LogP contribution in [0.1, 0.15) is 20.9 Å². The van der Waals surface area contributed by atoms with Gasteiger partial charge in [0, 0.05) is 21.0 Å². The minimum Gasteiger partial charge on any atom is -0.449 e. The highest BCUT2D eigenvalue weighted by Gasteiger charge is 2.21. The molecule has 7 heteroatoms. The SMILES string of the molecule is NC(=O)c1oc2ccc(Cl)cc2c1NC(=O)c1cccc(Cl)c1. The second-order valence-corrected chi connectivity index (χ2v) is 5.65. The molecule has 5 nitrogen and oxygen atoms in total. The fraction of sp³-hybridized carbons (Fsp3) is 0. The molecule has 0 aliphatic rings. The smallest absolute Gasteiger partial charge is 0.286 e. The third-order valence-corrected chi connectivity index (χ3v) is 3.67. The number of hydrogen-bond donors (Lipinski definition) is 2. The van der Waals surface area contributed by atoms with E-state index in [-0.39, 0.29) is 11.4 Å². The van der Waals surface area contributed by atoms with Gasteiger partial charge in [0.2, 0.25) is 5.76 Å². The molecule has 23 heavy (non-hydrogen) atoms. The number of amides is 2. The average molecular weight is 349 g/mol. The molecule has 3 N–H and O–H groups in total. The second-order valence-electron chi connectivity index (χ2n) is 4.78. The predicted molar refractivity (Wildman–Crippen MR) is 89.1 cm³/mol. The van der Waals surface area contributed by atoms with E-state index in [0.29, 0.717) is 26.6 Å². The van der Waals surface area contributed by atoms with Crippen molar-refractivity contribution in [2.45, 2.75) is 0 Å². The van der Waals surface area contributed by atoms with Gasteiger partial charge in [-0.2, -0.15) is 0 Å². The fourth-order valence-corrected chi connectivity index (χ4v) is 2.55. The van der Waals surface area contributed by atoms with Crippen molar-refractivity contribution < 1.29 is 14.0 Å². The van der Waals surface area contributed by atoms with E-state index in [4.69, 9.17) is 33.4 Å². The van der Waals surface area contributed by atoms with E-state index in [0.717, 1.165) is 0 Å². The van der Waals surface area contributed by atoms with Gasteiger partial charge < -0.3 is 15.5 Å². The molecular formula is C16H10Cl2N2O3. The summed E-state index contributed by atoms with van der Waals surface area (Å²) in [5.74, 6) is -1.38. The van der Waals surface area contributed by atoms with Crippen molar-refractivity contribution in [1.29, 1.82) is 0 Å². The summed E-state index contributed by atoms with van der Waals surface area (Å²) < 4.78 is 5.40. The van der Waals surface area contributed by atoms with E-state index in [1.165, 1.54) is 6.07 Å². The molecule has 1 heterocycles. The summed E-state index contributed by atoms with van der Waals surface area (Å²) >= 11 is 11.8. The Morgan fingerprint density at radius 2 is 1.78 bits per heavy atom. The van der Waals surface area contributed by atoms with Crippen molar-refractivity contribution in [2.24, 2.45) is 5.73 Å². The molecule has 0 radical (unpaired) electrons. The topological polar surface area (TPSA) is 85.3 Å². The highest BCUT2D eigenvalue weighted by atomic mass is 35.5. The lowest BCUT2D eigenvalue weighted by Gasteiger charge is -2.05. The molecule has 116 valence electrons. The van der Waals surface area contributed by atoms with Crippen LogP contribution < -0.4 is 11.1 Å². The molecule has 1 aromatic heterocycles. The first-order valence-corrected chi connectivity index (χ1v) is 7.30. The zero-order chi connectivity index (χ0) is 16.6. The Bertz CT molecular complexity index is 934. The van der Waals surface area contributed by atoms with Gasteiger partial charge in [0.05, 0.1) is 0 Å². The third-order valence-electron chi connectivity index (χ3n) is 3.20. The molecule has 0 aliphatic carbocycles. The number of furan rings is 1. The summed E-state index contributed by atoms with van der Waals surface area (Å²) in [6.45, 7) is 0. The largest absolute Gasteiger partial charge is 0.449 e. The lowest BCUT2D eigenvalue weighted by Crippen LogP contribution is -2.17. The molecule has 0 aliphatic heterocycles. The molecule has 2 amide bonds. The van der Waals surface area contributed by atoms with Gasteiger partial charge in [0.15, 0.2) is 0 Å². The lowest BCUT2D eigenvalue weighted by atomic mass is 10.1. The average Bonchev–Trinajstić information content (AvgIpc) is 2.85. The maximum atomic E-state index is 12.4. The molecule has 0 bridgehead atoms. The van der Waals surface area contributed by atoms with Crippen molar-refractivity contribution in [3.63, 3.8) is 0 Å². The summed E-state index contributed by atoms with van der Waals surface area (Å²) in [4.78, 5) is 23.9. The summed E-state index contributed by atoms with van der Waals surface area (Å²) in [7, 11) is 0. The van der Waals surface area contributed by atoms with Crippen LogP contribution >= 0.6 is 23.2 Å². The molecule has 3 aromatic rings. The van der Waals surface area contributed by atoms with Gasteiger partial charge >= 0.3 is 0 Å². The molecule has 3 rings (SSSR count). The Kier molecular flexibility index (Phi) is 3.98. The van der Waals surface area contributed by atoms with Gasteiger partial charge in [-0.25, -0.2) is 0 Å². The minimum atomic E-state index is -0.793. The number of halogens is 2. The first-order valence-electron chi connectivity index (χ1n) is 6.54. The molecular weight excluding hydrogens is 339 g/mol. The van der Waals surface area contributed by atoms with Gasteiger partial charge in [0.1, 0.15) is 11.3 Å². The molecule has 0 unspecified atom stereocenters. The van der Waals surface area contributed by atoms with Gasteiger partial charge in [-0.05, 0) is 36.4 Å². The second kappa shape index (κ2) is 5.95. The van der Waals surface area contributed by atoms with E-state index >= 15 is 0 Å². The Morgan fingerprint density at radius 1 is 1.04 bits per heavy atom. The third kappa shape index (κ3) is 3.02. The van der Waals surface area contributed by atoms with Crippen LogP contribution in [0, 0.1) is 0 Å². The van der Waals surface area contributed by atoms with Crippen LogP contribution in [0.4, 0.5) is 5.69 Å². The zero-order valence-corrected chi connectivity index (χ0v) is 13.1. The van der Waals surface area contributed by atoms with Crippen molar-refractivity contribution in [3.05, 3.63) is 63.8 Å². The van der Waals surface area contributed by atoms with E-state index in [9.17, 15) is 9.59 Å². The van der Waals surface area contributed by atoms with Crippen LogP contribution in [-0.4, -0.2) is 11.8 Å². The van der Waals surface area contributed by atoms with E-state index in [1.807, 2.05) is 0 Å². The maximum absolute atomic E-state index is 12.4. The Balaban J connectivity index is 2.07. The number of nitrogens with two attached hydrogens (primary N) is 1. The van der Waals surface area contributed by atoms with Gasteiger partial charge in [0.25, 0.3) is 11.8 Å². The Hall–Kier alpha value is -2.50. The quantitative estimate of drug-likeness (QED) is 0.747. The summed E-state index contributed by atoms with van der Waals surface area (Å²) in [5, 5.41) is 3.98. The van der Waals surface area contributed by atoms with E-state index in [2.05, 4.69) is 5.32 Å². The number of hydrogen-bond acceptors (Lipinski definition) is 3. The fourth-order valence-electron chi connectivity index (χ4n) is 2.18. The predicted octanol–water partition coefficient (Wildman–Crippen LogP) is 4.09. The van der Waals surface area contributed by atoms with Crippen LogP contribution in [0.15, 0.2) is 46.9 Å². The molecule has 0 atom stereocenters. The first kappa shape index (κ1) is 15.4. The van der Waals surface area contributed by atoms with Crippen molar-refractivity contribution >= 4 is 51.7 Å². The normalized spacial score (nSPS) is 10.7. The molecule has 2 aromatic carbocycles. The van der Waals surface area contributed by atoms with E-state index in [1.54, 1.807) is 36.4 Å². The van der Waals surface area contributed by atoms with Crippen molar-refractivity contribution in [2.75, 3.05) is 5.32 Å². The van der Waals surface area contributed by atoms with Crippen LogP contribution in [0.3, 0.4) is 0 Å². The van der Waals surface area contributed by atoms with E-state index < -0.39 is 11.8 Å². The molecule has 0 spiro atoms. The lowest BCUT2D eigenvalue weighted by molar-refractivity contribution is 0.0977. The number of primary amides is 1. The standard InChI is InChI=1S/C16H10Cl2N2O3/c17-9-3-1-2-8(6-9)16(22)20-13-11-7-10(18)4-5-12(11)23-14(13)15(19)21/h1-7H,(H2,19,21)(H,20,22). The molecule has 0 fully saturated rings. The van der Waals surface area contributed by atoms with Gasteiger partial charge in [-0.15, -0.1) is 0 Å². The number of carbonyl (C=O) groups excluding carboxylic acids is 2. The summed E-state index contributed by atoms with van der Waals surface area (Å²) in [6.07, 6.45) is 0. The van der Waals surface area contributed by atoms with Crippen LogP contribution in [0.25, 0.3) is 11.0 Å². The Labute approximate surface area is 141 Å². The highest BCUT2D eigenvalue weighted by Crippen LogP contribution is 2.33. The van der Waals surface area contributed by atoms with Crippen LogP contribution in [-0.2, 0) is 0 Å². The van der Waals surface area contributed by atoms with Crippen molar-refractivity contribution in [1.82, 2.24) is 0 Å². The highest BCUT2D eigenvalue weighted by molar-refractivity contribution is 6.32. The number of benzene rings is 2. The number of fused-ring (bicyclic) bond motifs is 1. The Morgan fingerprint density at radius 3 is 2.48 bits per heavy atom. The first-order chi connectivity index (χ1) is 11.0. The summed E-state index contributed by atoms with van der Waals surface area (Å²) in [5.41, 5.74) is 6.23. The number of nitrogens with one attached hydrogen (secondary N) is 1. The number of rotatable bonds is 3. The monoisotopic (exact) mass is 348 g/mol. The summed E-state index contributed by atoms with van der Waals surface area (Å²) in [6, 6.07) is 11.2. The molecule has 0 saturated carbocycles. The van der Waals surface area contributed by atoms with Crippen LogP contribution in [0.5, 0.6) is 0 Å². The minimum absolute atomic E-state index is 0.141. The number of anilines is 1. The molecule has 0 saturated heterocycles. The maximum Gasteiger partial charge on any atom is 0.286 e.